The normalized spacial score (nSPS) is 12.1. The molecule has 0 aliphatic heterocycles. The topological polar surface area (TPSA) is 96.3 Å². The minimum atomic E-state index is -1.93. The molecule has 3 rings (SSSR count). The number of rotatable bonds is 6. The molecule has 0 aliphatic rings. The Balaban J connectivity index is 1.68. The van der Waals surface area contributed by atoms with Gasteiger partial charge in [-0.25, -0.2) is 0 Å². The molecule has 3 aromatic carbocycles. The second kappa shape index (κ2) is 10.3. The summed E-state index contributed by atoms with van der Waals surface area (Å²) in [7, 11) is 0. The van der Waals surface area contributed by atoms with Gasteiger partial charge in [-0.3, -0.25) is 14.9 Å². The van der Waals surface area contributed by atoms with E-state index in [2.05, 4.69) is 16.0 Å². The van der Waals surface area contributed by atoms with Crippen LogP contribution < -0.4 is 16.0 Å². The molecule has 11 heteroatoms. The molecule has 0 aromatic heterocycles. The van der Waals surface area contributed by atoms with Gasteiger partial charge in [0.05, 0.1) is 11.3 Å². The lowest BCUT2D eigenvalue weighted by molar-refractivity contribution is -0.384. The third-order valence-corrected chi connectivity index (χ3v) is 5.33. The van der Waals surface area contributed by atoms with Crippen molar-refractivity contribution in [3.05, 3.63) is 82.4 Å². The van der Waals surface area contributed by atoms with Crippen molar-refractivity contribution in [3.63, 3.8) is 0 Å². The van der Waals surface area contributed by atoms with Crippen LogP contribution in [-0.4, -0.2) is 25.9 Å². The fraction of sp³-hybridized carbons (Fsp3) is 0.143. The molecule has 7 nitrogen and oxygen atoms in total. The predicted molar refractivity (Wildman–Crippen MR) is 132 cm³/mol. The van der Waals surface area contributed by atoms with Crippen LogP contribution in [0.1, 0.15) is 5.56 Å². The second-order valence-corrected chi connectivity index (χ2v) is 9.54. The smallest absolute Gasteiger partial charge is 0.271 e. The fourth-order valence-corrected chi connectivity index (χ4v) is 3.59. The van der Waals surface area contributed by atoms with Crippen LogP contribution in [0.2, 0.25) is 0 Å². The number of hydrogen-bond donors (Lipinski definition) is 3. The predicted octanol–water partition coefficient (Wildman–Crippen LogP) is 5.09. The Morgan fingerprint density at radius 1 is 1.03 bits per heavy atom. The standard InChI is InChI=1S/C21H17Cl3N4O3S/c22-21(23,24)19(27-20(32)25-15-8-4-9-16(12-15)28(30)31)26-18(29)11-14-7-3-6-13-5-1-2-10-17(13)14/h1-10,12,19H,11H2,(H,26,29)(H2,25,27,32)/t19-/m1/s1. The molecule has 0 bridgehead atoms. The molecule has 0 saturated carbocycles. The van der Waals surface area contributed by atoms with E-state index < -0.39 is 14.9 Å². The van der Waals surface area contributed by atoms with Crippen LogP contribution >= 0.6 is 47.0 Å². The van der Waals surface area contributed by atoms with Gasteiger partial charge in [0, 0.05) is 17.8 Å². The molecule has 3 N–H and O–H groups in total. The van der Waals surface area contributed by atoms with Crippen LogP contribution in [0.25, 0.3) is 10.8 Å². The van der Waals surface area contributed by atoms with Gasteiger partial charge in [-0.1, -0.05) is 83.3 Å². The third kappa shape index (κ3) is 6.43. The number of anilines is 1. The number of nitrogens with one attached hydrogen (secondary N) is 3. The number of thiocarbonyl (C=S) groups is 1. The first-order chi connectivity index (χ1) is 15.1. The van der Waals surface area contributed by atoms with Crippen LogP contribution in [0.4, 0.5) is 11.4 Å². The Hall–Kier alpha value is -2.65. The largest absolute Gasteiger partial charge is 0.339 e. The van der Waals surface area contributed by atoms with Crippen LogP contribution in [-0.2, 0) is 11.2 Å². The summed E-state index contributed by atoms with van der Waals surface area (Å²) in [6.45, 7) is 0. The van der Waals surface area contributed by atoms with Crippen LogP contribution in [0.5, 0.6) is 0 Å². The zero-order valence-electron chi connectivity index (χ0n) is 16.3. The van der Waals surface area contributed by atoms with E-state index >= 15 is 0 Å². The molecular weight excluding hydrogens is 495 g/mol. The molecule has 0 saturated heterocycles. The van der Waals surface area contributed by atoms with Crippen molar-refractivity contribution in [2.45, 2.75) is 16.4 Å². The quantitative estimate of drug-likeness (QED) is 0.140. The minimum absolute atomic E-state index is 0.00674. The lowest BCUT2D eigenvalue weighted by Gasteiger charge is -2.28. The average molecular weight is 512 g/mol. The molecule has 1 atom stereocenters. The molecule has 0 aliphatic carbocycles. The highest BCUT2D eigenvalue weighted by atomic mass is 35.6. The van der Waals surface area contributed by atoms with Gasteiger partial charge in [0.25, 0.3) is 5.69 Å². The number of nitro groups is 1. The summed E-state index contributed by atoms with van der Waals surface area (Å²) in [5.41, 5.74) is 1.07. The van der Waals surface area contributed by atoms with Gasteiger partial charge in [-0.2, -0.15) is 0 Å². The maximum absolute atomic E-state index is 12.7. The van der Waals surface area contributed by atoms with E-state index in [1.54, 1.807) is 6.07 Å². The summed E-state index contributed by atoms with van der Waals surface area (Å²) < 4.78 is -1.93. The van der Waals surface area contributed by atoms with E-state index in [-0.39, 0.29) is 23.1 Å². The summed E-state index contributed by atoms with van der Waals surface area (Å²) in [6.07, 6.45) is -1.10. The lowest BCUT2D eigenvalue weighted by Crippen LogP contribution is -2.56. The summed E-state index contributed by atoms with van der Waals surface area (Å²) in [6, 6.07) is 19.1. The van der Waals surface area contributed by atoms with E-state index in [1.807, 2.05) is 42.5 Å². The highest BCUT2D eigenvalue weighted by Gasteiger charge is 2.34. The third-order valence-electron chi connectivity index (χ3n) is 4.45. The molecule has 1 amide bonds. The molecule has 0 heterocycles. The van der Waals surface area contributed by atoms with Crippen molar-refractivity contribution in [1.29, 1.82) is 0 Å². The Kier molecular flexibility index (Phi) is 7.73. The van der Waals surface area contributed by atoms with Gasteiger partial charge in [0.15, 0.2) is 5.11 Å². The molecule has 0 radical (unpaired) electrons. The zero-order valence-corrected chi connectivity index (χ0v) is 19.4. The first-order valence-electron chi connectivity index (χ1n) is 9.28. The number of alkyl halides is 3. The maximum atomic E-state index is 12.7. The Morgan fingerprint density at radius 3 is 2.44 bits per heavy atom. The number of benzene rings is 3. The van der Waals surface area contributed by atoms with E-state index in [0.717, 1.165) is 16.3 Å². The monoisotopic (exact) mass is 510 g/mol. The number of nitro benzene ring substituents is 1. The molecule has 0 unspecified atom stereocenters. The summed E-state index contributed by atoms with van der Waals surface area (Å²) in [5.74, 6) is -0.386. The number of carbonyl (C=O) groups is 1. The van der Waals surface area contributed by atoms with Crippen LogP contribution in [0.15, 0.2) is 66.7 Å². The minimum Gasteiger partial charge on any atom is -0.339 e. The van der Waals surface area contributed by atoms with Crippen molar-refractivity contribution >= 4 is 80.2 Å². The van der Waals surface area contributed by atoms with Gasteiger partial charge in [-0.15, -0.1) is 0 Å². The number of fused-ring (bicyclic) bond motifs is 1. The Labute approximate surface area is 204 Å². The van der Waals surface area contributed by atoms with Crippen molar-refractivity contribution in [2.24, 2.45) is 0 Å². The zero-order chi connectivity index (χ0) is 23.3. The number of carbonyl (C=O) groups excluding carboxylic acids is 1. The number of amides is 1. The van der Waals surface area contributed by atoms with Gasteiger partial charge in [0.1, 0.15) is 6.17 Å². The van der Waals surface area contributed by atoms with E-state index in [9.17, 15) is 14.9 Å². The lowest BCUT2D eigenvalue weighted by atomic mass is 10.0. The first-order valence-corrected chi connectivity index (χ1v) is 10.8. The van der Waals surface area contributed by atoms with Gasteiger partial charge in [-0.05, 0) is 34.6 Å². The summed E-state index contributed by atoms with van der Waals surface area (Å²) in [4.78, 5) is 23.1. The number of non-ortho nitro benzene ring substituents is 1. The molecular formula is C21H17Cl3N4O3S. The van der Waals surface area contributed by atoms with Crippen molar-refractivity contribution in [1.82, 2.24) is 10.6 Å². The van der Waals surface area contributed by atoms with Crippen LogP contribution in [0.3, 0.4) is 0 Å². The molecule has 3 aromatic rings. The SMILES string of the molecule is O=C(Cc1cccc2ccccc12)N[C@H](NC(=S)Nc1cccc([N+](=O)[O-])c1)C(Cl)(Cl)Cl. The molecule has 0 fully saturated rings. The number of halogens is 3. The highest BCUT2D eigenvalue weighted by Crippen LogP contribution is 2.29. The molecule has 166 valence electrons. The van der Waals surface area contributed by atoms with Gasteiger partial charge < -0.3 is 16.0 Å². The molecule has 0 spiro atoms. The summed E-state index contributed by atoms with van der Waals surface area (Å²) >= 11 is 23.3. The average Bonchev–Trinajstić information content (AvgIpc) is 2.73. The highest BCUT2D eigenvalue weighted by molar-refractivity contribution is 7.80. The second-order valence-electron chi connectivity index (χ2n) is 6.76. The number of hydrogen-bond acceptors (Lipinski definition) is 4. The maximum Gasteiger partial charge on any atom is 0.271 e. The van der Waals surface area contributed by atoms with Crippen molar-refractivity contribution < 1.29 is 9.72 Å². The number of nitrogens with zero attached hydrogens (tertiary/aromatic N) is 1. The Morgan fingerprint density at radius 2 is 1.72 bits per heavy atom. The first kappa shape index (κ1) is 24.0. The van der Waals surface area contributed by atoms with E-state index in [0.29, 0.717) is 5.69 Å². The molecule has 32 heavy (non-hydrogen) atoms. The van der Waals surface area contributed by atoms with Gasteiger partial charge >= 0.3 is 0 Å². The van der Waals surface area contributed by atoms with Crippen LogP contribution in [0, 0.1) is 10.1 Å². The Bertz CT molecular complexity index is 1160. The van der Waals surface area contributed by atoms with Crippen molar-refractivity contribution in [3.8, 4) is 0 Å². The fourth-order valence-electron chi connectivity index (χ4n) is 3.03. The van der Waals surface area contributed by atoms with Gasteiger partial charge in [0.2, 0.25) is 9.70 Å². The summed E-state index contributed by atoms with van der Waals surface area (Å²) in [5, 5.41) is 21.0. The van der Waals surface area contributed by atoms with Crippen molar-refractivity contribution in [2.75, 3.05) is 5.32 Å². The van der Waals surface area contributed by atoms with E-state index in [4.69, 9.17) is 47.0 Å². The van der Waals surface area contributed by atoms with E-state index in [1.165, 1.54) is 18.2 Å².